The van der Waals surface area contributed by atoms with E-state index in [4.69, 9.17) is 4.42 Å². The number of furan rings is 1. The molecule has 0 bridgehead atoms. The fourth-order valence-corrected chi connectivity index (χ4v) is 10.4. The van der Waals surface area contributed by atoms with Crippen molar-refractivity contribution in [2.24, 2.45) is 0 Å². The van der Waals surface area contributed by atoms with E-state index in [1.165, 1.54) is 102 Å². The molecule has 0 amide bonds. The van der Waals surface area contributed by atoms with Crippen LogP contribution in [0.25, 0.3) is 119 Å². The van der Waals surface area contributed by atoms with Gasteiger partial charge in [0, 0.05) is 26.2 Å². The van der Waals surface area contributed by atoms with Gasteiger partial charge in [-0.25, -0.2) is 0 Å². The lowest BCUT2D eigenvalue weighted by atomic mass is 9.83. The summed E-state index contributed by atoms with van der Waals surface area (Å²) in [5, 5.41) is 14.8. The smallest absolute Gasteiger partial charge is 0.153 e. The van der Waals surface area contributed by atoms with Gasteiger partial charge in [-0.1, -0.05) is 164 Å². The van der Waals surface area contributed by atoms with Gasteiger partial charge in [0.2, 0.25) is 0 Å². The van der Waals surface area contributed by atoms with Crippen molar-refractivity contribution in [2.75, 3.05) is 0 Å². The molecule has 2 aromatic heterocycles. The largest absolute Gasteiger partial charge is 0.455 e. The monoisotopic (exact) mass is 702 g/mol. The molecule has 0 fully saturated rings. The van der Waals surface area contributed by atoms with Gasteiger partial charge in [-0.3, -0.25) is 0 Å². The summed E-state index contributed by atoms with van der Waals surface area (Å²) in [5.41, 5.74) is 9.40. The van der Waals surface area contributed by atoms with Gasteiger partial charge in [0.25, 0.3) is 0 Å². The Morgan fingerprint density at radius 1 is 0.352 bits per heavy atom. The normalized spacial score (nSPS) is 12.1. The molecule has 0 saturated carbocycles. The summed E-state index contributed by atoms with van der Waals surface area (Å²) in [6, 6.07) is 66.7. The molecule has 2 heterocycles. The number of rotatable bonds is 3. The highest BCUT2D eigenvalue weighted by Crippen LogP contribution is 2.52. The second kappa shape index (κ2) is 11.4. The molecule has 0 spiro atoms. The maximum absolute atomic E-state index is 6.84. The van der Waals surface area contributed by atoms with Gasteiger partial charge in [-0.05, 0) is 94.7 Å². The van der Waals surface area contributed by atoms with E-state index in [-0.39, 0.29) is 0 Å². The van der Waals surface area contributed by atoms with Crippen molar-refractivity contribution >= 4 is 96.5 Å². The Bertz CT molecular complexity index is 3440. The molecular weight excluding hydrogens is 673 g/mol. The lowest BCUT2D eigenvalue weighted by molar-refractivity contribution is 0.673. The maximum atomic E-state index is 6.84. The zero-order valence-electron chi connectivity index (χ0n) is 29.1. The molecule has 2 heteroatoms. The predicted octanol–water partition coefficient (Wildman–Crippen LogP) is 15.6. The Kier molecular flexibility index (Phi) is 6.28. The van der Waals surface area contributed by atoms with Gasteiger partial charge < -0.3 is 4.42 Å². The van der Waals surface area contributed by atoms with Crippen molar-refractivity contribution in [3.05, 3.63) is 182 Å². The van der Waals surface area contributed by atoms with Crippen molar-refractivity contribution in [2.45, 2.75) is 0 Å². The Hall–Kier alpha value is -6.74. The van der Waals surface area contributed by atoms with Crippen LogP contribution in [0.2, 0.25) is 0 Å². The summed E-state index contributed by atoms with van der Waals surface area (Å²) in [5.74, 6) is 0. The van der Waals surface area contributed by atoms with Crippen LogP contribution in [0.3, 0.4) is 0 Å². The number of hydrogen-bond donors (Lipinski definition) is 0. The Balaban J connectivity index is 1.25. The van der Waals surface area contributed by atoms with Crippen LogP contribution in [0.4, 0.5) is 0 Å². The van der Waals surface area contributed by atoms with E-state index >= 15 is 0 Å². The SMILES string of the molecule is c1ccc(-c2ccc(-c3c4ccccc4c(-c4cc5c(oc6ccc7ccccc7c65)c5sc6ccccc6c45)c4ccccc34)c3ccccc23)cc1. The second-order valence-electron chi connectivity index (χ2n) is 14.3. The van der Waals surface area contributed by atoms with Crippen molar-refractivity contribution in [3.63, 3.8) is 0 Å². The number of thiophene rings is 1. The highest BCUT2D eigenvalue weighted by molar-refractivity contribution is 7.26. The Morgan fingerprint density at radius 2 is 0.889 bits per heavy atom. The topological polar surface area (TPSA) is 13.1 Å². The van der Waals surface area contributed by atoms with Gasteiger partial charge in [0.05, 0.1) is 4.70 Å². The Labute approximate surface area is 314 Å². The highest BCUT2D eigenvalue weighted by atomic mass is 32.1. The molecule has 1 nitrogen and oxygen atoms in total. The van der Waals surface area contributed by atoms with Gasteiger partial charge >= 0.3 is 0 Å². The second-order valence-corrected chi connectivity index (χ2v) is 15.3. The molecule has 0 radical (unpaired) electrons. The summed E-state index contributed by atoms with van der Waals surface area (Å²) in [4.78, 5) is 0. The first-order chi connectivity index (χ1) is 26.8. The van der Waals surface area contributed by atoms with Crippen LogP contribution < -0.4 is 0 Å². The molecule has 0 aliphatic carbocycles. The fourth-order valence-electron chi connectivity index (χ4n) is 9.18. The van der Waals surface area contributed by atoms with Crippen molar-refractivity contribution in [1.82, 2.24) is 0 Å². The van der Waals surface area contributed by atoms with Crippen LogP contribution in [0.1, 0.15) is 0 Å². The van der Waals surface area contributed by atoms with E-state index in [1.807, 2.05) is 11.3 Å². The van der Waals surface area contributed by atoms with E-state index < -0.39 is 0 Å². The van der Waals surface area contributed by atoms with E-state index in [2.05, 4.69) is 182 Å². The van der Waals surface area contributed by atoms with Gasteiger partial charge in [0.1, 0.15) is 5.58 Å². The molecular formula is C52H30OS. The molecule has 12 aromatic rings. The quantitative estimate of drug-likeness (QED) is 0.167. The maximum Gasteiger partial charge on any atom is 0.153 e. The first kappa shape index (κ1) is 29.8. The fraction of sp³-hybridized carbons (Fsp3) is 0. The van der Waals surface area contributed by atoms with Crippen molar-refractivity contribution in [1.29, 1.82) is 0 Å². The van der Waals surface area contributed by atoms with Crippen LogP contribution in [0.5, 0.6) is 0 Å². The number of hydrogen-bond acceptors (Lipinski definition) is 2. The first-order valence-corrected chi connectivity index (χ1v) is 19.3. The summed E-state index contributed by atoms with van der Waals surface area (Å²) in [6.45, 7) is 0. The minimum absolute atomic E-state index is 0.926. The van der Waals surface area contributed by atoms with Gasteiger partial charge in [0.15, 0.2) is 5.58 Å². The third-order valence-corrected chi connectivity index (χ3v) is 12.6. The zero-order valence-corrected chi connectivity index (χ0v) is 30.0. The highest BCUT2D eigenvalue weighted by Gasteiger charge is 2.24. The molecule has 0 aliphatic heterocycles. The van der Waals surface area contributed by atoms with E-state index in [9.17, 15) is 0 Å². The van der Waals surface area contributed by atoms with Crippen LogP contribution in [0, 0.1) is 0 Å². The number of fused-ring (bicyclic) bond motifs is 12. The van der Waals surface area contributed by atoms with Crippen molar-refractivity contribution < 1.29 is 4.42 Å². The minimum Gasteiger partial charge on any atom is -0.455 e. The molecule has 0 saturated heterocycles. The Morgan fingerprint density at radius 3 is 1.59 bits per heavy atom. The molecule has 54 heavy (non-hydrogen) atoms. The van der Waals surface area contributed by atoms with E-state index in [0.717, 1.165) is 16.6 Å². The van der Waals surface area contributed by atoms with Crippen LogP contribution in [-0.4, -0.2) is 0 Å². The van der Waals surface area contributed by atoms with E-state index in [0.29, 0.717) is 0 Å². The third-order valence-electron chi connectivity index (χ3n) is 11.5. The summed E-state index contributed by atoms with van der Waals surface area (Å²) >= 11 is 1.84. The van der Waals surface area contributed by atoms with Gasteiger partial charge in [-0.15, -0.1) is 11.3 Å². The molecule has 0 atom stereocenters. The van der Waals surface area contributed by atoms with E-state index in [1.54, 1.807) is 0 Å². The average molecular weight is 703 g/mol. The zero-order chi connectivity index (χ0) is 35.3. The van der Waals surface area contributed by atoms with Crippen LogP contribution in [-0.2, 0) is 0 Å². The molecule has 12 rings (SSSR count). The van der Waals surface area contributed by atoms with Crippen LogP contribution >= 0.6 is 11.3 Å². The van der Waals surface area contributed by atoms with Gasteiger partial charge in [-0.2, -0.15) is 0 Å². The number of benzene rings is 10. The predicted molar refractivity (Wildman–Crippen MR) is 233 cm³/mol. The average Bonchev–Trinajstić information content (AvgIpc) is 3.82. The minimum atomic E-state index is 0.926. The lowest BCUT2D eigenvalue weighted by Gasteiger charge is -2.20. The summed E-state index contributed by atoms with van der Waals surface area (Å²) in [6.07, 6.45) is 0. The molecule has 250 valence electrons. The first-order valence-electron chi connectivity index (χ1n) is 18.5. The third kappa shape index (κ3) is 4.14. The lowest BCUT2D eigenvalue weighted by Crippen LogP contribution is -1.93. The molecule has 10 aromatic carbocycles. The molecule has 0 N–H and O–H groups in total. The van der Waals surface area contributed by atoms with Crippen LogP contribution in [0.15, 0.2) is 186 Å². The van der Waals surface area contributed by atoms with Crippen molar-refractivity contribution in [3.8, 4) is 33.4 Å². The molecule has 0 unspecified atom stereocenters. The summed E-state index contributed by atoms with van der Waals surface area (Å²) in [7, 11) is 0. The molecule has 0 aliphatic rings. The standard InChI is InChI=1S/C52H30OS/c1-2-14-31(15-3-1)33-27-28-41(36-19-7-6-18-35(33)36)47-37-20-8-10-22-39(37)48(40-23-11-9-21-38(40)47)43-30-44-49-34-17-5-4-16-32(34)26-29-45(49)53-51(44)52-50(43)42-24-12-13-25-46(42)54-52/h1-30H. The summed E-state index contributed by atoms with van der Waals surface area (Å²) < 4.78 is 9.30.